The fraction of sp³-hybridized carbons (Fsp3) is 0.364. The summed E-state index contributed by atoms with van der Waals surface area (Å²) in [6.07, 6.45) is 0. The first-order valence-corrected chi connectivity index (χ1v) is 11.1. The fourth-order valence-electron chi connectivity index (χ4n) is 3.07. The largest absolute Gasteiger partial charge is 0.473 e. The van der Waals surface area contributed by atoms with Crippen molar-refractivity contribution >= 4 is 47.1 Å². The van der Waals surface area contributed by atoms with Gasteiger partial charge in [0.25, 0.3) is 0 Å². The average molecular weight is 542 g/mol. The molecule has 2 aromatic rings. The molecule has 2 heterocycles. The van der Waals surface area contributed by atoms with Crippen LogP contribution in [0.25, 0.3) is 0 Å². The first-order chi connectivity index (χ1) is 17.3. The Morgan fingerprint density at radius 2 is 1.32 bits per heavy atom. The summed E-state index contributed by atoms with van der Waals surface area (Å²) in [5, 5.41) is 40.3. The summed E-state index contributed by atoms with van der Waals surface area (Å²) < 4.78 is 0. The first-order valence-electron chi connectivity index (χ1n) is 10.7. The van der Waals surface area contributed by atoms with E-state index in [0.717, 1.165) is 54.8 Å². The average Bonchev–Trinajstić information content (AvgIpc) is 3.14. The van der Waals surface area contributed by atoms with E-state index in [9.17, 15) is 4.79 Å². The minimum atomic E-state index is -1.82. The number of carboxylic acids is 4. The van der Waals surface area contributed by atoms with Gasteiger partial charge in [-0.2, -0.15) is 5.10 Å². The van der Waals surface area contributed by atoms with Crippen molar-refractivity contribution in [1.29, 1.82) is 0 Å². The molecule has 0 atom stereocenters. The van der Waals surface area contributed by atoms with Crippen LogP contribution >= 0.6 is 11.6 Å². The number of carbonyl (C=O) groups is 5. The summed E-state index contributed by atoms with van der Waals surface area (Å²) in [5.41, 5.74) is 3.77. The second kappa shape index (κ2) is 15.2. The molecule has 3 rings (SSSR count). The number of halogens is 1. The molecule has 202 valence electrons. The molecule has 1 aromatic heterocycles. The molecule has 1 amide bonds. The van der Waals surface area contributed by atoms with Gasteiger partial charge in [0.1, 0.15) is 0 Å². The molecule has 37 heavy (non-hydrogen) atoms. The lowest BCUT2D eigenvalue weighted by molar-refractivity contribution is -0.159. The SMILES string of the molecule is Cc1n[nH]c(C)c1NC(=O)CN1CCN(Cc2ccc(Cl)cc2)CC1.O=C(O)C(=O)O.O=C(O)C(=O)O. The van der Waals surface area contributed by atoms with Crippen LogP contribution in [-0.4, -0.2) is 103 Å². The van der Waals surface area contributed by atoms with Crippen LogP contribution < -0.4 is 5.32 Å². The Labute approximate surface area is 216 Å². The molecule has 0 aliphatic carbocycles. The lowest BCUT2D eigenvalue weighted by atomic mass is 10.2. The minimum Gasteiger partial charge on any atom is -0.473 e. The molecule has 1 saturated heterocycles. The third kappa shape index (κ3) is 12.0. The molecule has 0 radical (unpaired) electrons. The summed E-state index contributed by atoms with van der Waals surface area (Å²) in [4.78, 5) is 53.3. The highest BCUT2D eigenvalue weighted by atomic mass is 35.5. The highest BCUT2D eigenvalue weighted by molar-refractivity contribution is 6.30. The Kier molecular flexibility index (Phi) is 12.7. The van der Waals surface area contributed by atoms with Crippen LogP contribution in [0, 0.1) is 13.8 Å². The number of amides is 1. The van der Waals surface area contributed by atoms with Crippen LogP contribution in [0.1, 0.15) is 17.0 Å². The quantitative estimate of drug-likeness (QED) is 0.289. The predicted octanol–water partition coefficient (Wildman–Crippen LogP) is 0.747. The molecule has 1 aromatic carbocycles. The fourth-order valence-corrected chi connectivity index (χ4v) is 3.20. The number of carboxylic acid groups (broad SMARTS) is 4. The number of nitrogens with one attached hydrogen (secondary N) is 2. The zero-order valence-electron chi connectivity index (χ0n) is 20.1. The predicted molar refractivity (Wildman–Crippen MR) is 130 cm³/mol. The summed E-state index contributed by atoms with van der Waals surface area (Å²) in [6.45, 7) is 8.83. The molecule has 0 bridgehead atoms. The van der Waals surface area contributed by atoms with E-state index < -0.39 is 23.9 Å². The number of benzene rings is 1. The van der Waals surface area contributed by atoms with E-state index in [0.29, 0.717) is 6.54 Å². The van der Waals surface area contributed by atoms with Gasteiger partial charge in [-0.05, 0) is 31.5 Å². The number of hydrogen-bond acceptors (Lipinski definition) is 8. The van der Waals surface area contributed by atoms with Crippen molar-refractivity contribution in [3.63, 3.8) is 0 Å². The molecule has 0 saturated carbocycles. The van der Waals surface area contributed by atoms with Gasteiger partial charge in [-0.1, -0.05) is 23.7 Å². The molecular weight excluding hydrogens is 514 g/mol. The van der Waals surface area contributed by atoms with Crippen LogP contribution in [0.5, 0.6) is 0 Å². The van der Waals surface area contributed by atoms with Gasteiger partial charge in [0.2, 0.25) is 5.91 Å². The zero-order valence-corrected chi connectivity index (χ0v) is 20.9. The minimum absolute atomic E-state index is 0.0127. The maximum Gasteiger partial charge on any atom is 0.414 e. The second-order valence-electron chi connectivity index (χ2n) is 7.76. The molecule has 15 heteroatoms. The molecule has 14 nitrogen and oxygen atoms in total. The van der Waals surface area contributed by atoms with Crippen molar-refractivity contribution in [3.05, 3.63) is 46.2 Å². The molecule has 0 spiro atoms. The van der Waals surface area contributed by atoms with Gasteiger partial charge < -0.3 is 25.7 Å². The van der Waals surface area contributed by atoms with E-state index >= 15 is 0 Å². The summed E-state index contributed by atoms with van der Waals surface area (Å²) in [5.74, 6) is -7.28. The number of rotatable bonds is 5. The van der Waals surface area contributed by atoms with E-state index in [1.54, 1.807) is 0 Å². The van der Waals surface area contributed by atoms with Gasteiger partial charge in [0.05, 0.1) is 23.6 Å². The third-order valence-corrected chi connectivity index (χ3v) is 5.16. The van der Waals surface area contributed by atoms with E-state index in [1.165, 1.54) is 5.56 Å². The van der Waals surface area contributed by atoms with Gasteiger partial charge in [-0.3, -0.25) is 19.7 Å². The highest BCUT2D eigenvalue weighted by Crippen LogP contribution is 2.16. The number of piperazine rings is 1. The van der Waals surface area contributed by atoms with Crippen LogP contribution in [-0.2, 0) is 30.5 Å². The maximum absolute atomic E-state index is 12.3. The van der Waals surface area contributed by atoms with Crippen LogP contribution in [0.15, 0.2) is 24.3 Å². The van der Waals surface area contributed by atoms with E-state index in [1.807, 2.05) is 26.0 Å². The van der Waals surface area contributed by atoms with Crippen molar-refractivity contribution in [2.75, 3.05) is 38.0 Å². The topological polar surface area (TPSA) is 213 Å². The number of nitrogens with zero attached hydrogens (tertiary/aromatic N) is 3. The Morgan fingerprint density at radius 1 is 0.865 bits per heavy atom. The van der Waals surface area contributed by atoms with Gasteiger partial charge >= 0.3 is 23.9 Å². The molecule has 6 N–H and O–H groups in total. The number of aliphatic carboxylic acids is 4. The number of carbonyl (C=O) groups excluding carboxylic acids is 1. The van der Waals surface area contributed by atoms with Crippen LogP contribution in [0.2, 0.25) is 5.02 Å². The monoisotopic (exact) mass is 541 g/mol. The van der Waals surface area contributed by atoms with Crippen molar-refractivity contribution in [2.24, 2.45) is 0 Å². The summed E-state index contributed by atoms with van der Waals surface area (Å²) in [7, 11) is 0. The van der Waals surface area contributed by atoms with E-state index in [-0.39, 0.29) is 5.91 Å². The van der Waals surface area contributed by atoms with Gasteiger partial charge in [0.15, 0.2) is 0 Å². The van der Waals surface area contributed by atoms with Crippen molar-refractivity contribution < 1.29 is 44.4 Å². The Hall–Kier alpha value is -4.01. The lowest BCUT2D eigenvalue weighted by Gasteiger charge is -2.34. The third-order valence-electron chi connectivity index (χ3n) is 4.91. The van der Waals surface area contributed by atoms with Crippen molar-refractivity contribution in [2.45, 2.75) is 20.4 Å². The smallest absolute Gasteiger partial charge is 0.414 e. The van der Waals surface area contributed by atoms with E-state index in [4.69, 9.17) is 51.2 Å². The number of anilines is 1. The van der Waals surface area contributed by atoms with Crippen molar-refractivity contribution in [3.8, 4) is 0 Å². The van der Waals surface area contributed by atoms with Crippen LogP contribution in [0.3, 0.4) is 0 Å². The van der Waals surface area contributed by atoms with Gasteiger partial charge in [-0.15, -0.1) is 0 Å². The number of H-pyrrole nitrogens is 1. The normalized spacial score (nSPS) is 13.3. The lowest BCUT2D eigenvalue weighted by Crippen LogP contribution is -2.48. The number of aromatic amines is 1. The zero-order chi connectivity index (χ0) is 28.1. The summed E-state index contributed by atoms with van der Waals surface area (Å²) >= 11 is 5.93. The Morgan fingerprint density at radius 3 is 1.73 bits per heavy atom. The Balaban J connectivity index is 0.000000476. The molecule has 1 aliphatic rings. The first kappa shape index (κ1) is 31.0. The molecule has 1 fully saturated rings. The standard InChI is InChI=1S/C18H24ClN5O.2C2H2O4/c1-13-18(14(2)22-21-13)20-17(25)12-24-9-7-23(8-10-24)11-15-3-5-16(19)6-4-15;2*3-1(4)2(5)6/h3-6H,7-12H2,1-2H3,(H,20,25)(H,21,22);2*(H,3,4)(H,5,6). The molecule has 0 unspecified atom stereocenters. The second-order valence-corrected chi connectivity index (χ2v) is 8.19. The van der Waals surface area contributed by atoms with Gasteiger partial charge in [-0.25, -0.2) is 19.2 Å². The van der Waals surface area contributed by atoms with Crippen molar-refractivity contribution in [1.82, 2.24) is 20.0 Å². The van der Waals surface area contributed by atoms with E-state index in [2.05, 4.69) is 37.4 Å². The molecular formula is C22H28ClN5O9. The number of aryl methyl sites for hydroxylation is 2. The van der Waals surface area contributed by atoms with Gasteiger partial charge in [0, 0.05) is 37.7 Å². The molecule has 1 aliphatic heterocycles. The Bertz CT molecular complexity index is 1030. The summed E-state index contributed by atoms with van der Waals surface area (Å²) in [6, 6.07) is 7.99. The maximum atomic E-state index is 12.3. The highest BCUT2D eigenvalue weighted by Gasteiger charge is 2.20. The van der Waals surface area contributed by atoms with Crippen LogP contribution in [0.4, 0.5) is 5.69 Å². The number of aromatic nitrogens is 2. The number of hydrogen-bond donors (Lipinski definition) is 6.